The molecule has 0 saturated heterocycles. The largest absolute Gasteiger partial charge is 0.330 e. The second-order valence-corrected chi connectivity index (χ2v) is 10.0. The Morgan fingerprint density at radius 3 is 1.64 bits per heavy atom. The van der Waals surface area contributed by atoms with E-state index in [1.165, 1.54) is 66.4 Å². The van der Waals surface area contributed by atoms with Gasteiger partial charge in [-0.05, 0) is 89.9 Å². The molecule has 0 bridgehead atoms. The summed E-state index contributed by atoms with van der Waals surface area (Å²) < 4.78 is 2.70. The monoisotopic (exact) mass is 449 g/mol. The predicted molar refractivity (Wildman–Crippen MR) is 146 cm³/mol. The van der Waals surface area contributed by atoms with Gasteiger partial charge in [0.15, 0.2) is 0 Å². The summed E-state index contributed by atoms with van der Waals surface area (Å²) in [6.07, 6.45) is 5.69. The van der Waals surface area contributed by atoms with Crippen LogP contribution in [-0.2, 0) is 12.8 Å². The number of benzene rings is 4. The van der Waals surface area contributed by atoms with Gasteiger partial charge >= 0.3 is 0 Å². The van der Waals surface area contributed by atoms with E-state index in [1.807, 2.05) is 11.3 Å². The molecule has 166 valence electrons. The maximum atomic E-state index is 5.71. The van der Waals surface area contributed by atoms with Gasteiger partial charge in [-0.2, -0.15) is 0 Å². The van der Waals surface area contributed by atoms with Gasteiger partial charge < -0.3 is 5.73 Å². The molecule has 2 heteroatoms. The van der Waals surface area contributed by atoms with Crippen LogP contribution in [0.3, 0.4) is 0 Å². The van der Waals surface area contributed by atoms with Gasteiger partial charge in [0.2, 0.25) is 0 Å². The third kappa shape index (κ3) is 4.73. The maximum absolute atomic E-state index is 5.71. The summed E-state index contributed by atoms with van der Waals surface area (Å²) in [5.74, 6) is 0. The molecule has 0 spiro atoms. The van der Waals surface area contributed by atoms with Crippen molar-refractivity contribution >= 4 is 31.5 Å². The van der Waals surface area contributed by atoms with E-state index in [-0.39, 0.29) is 0 Å². The highest BCUT2D eigenvalue weighted by atomic mass is 32.1. The molecule has 0 aliphatic heterocycles. The van der Waals surface area contributed by atoms with Crippen LogP contribution in [0.4, 0.5) is 0 Å². The fraction of sp³-hybridized carbons (Fsp3) is 0.226. The molecule has 33 heavy (non-hydrogen) atoms. The average Bonchev–Trinajstić information content (AvgIpc) is 3.23. The molecular weight excluding hydrogens is 418 g/mol. The van der Waals surface area contributed by atoms with Crippen molar-refractivity contribution in [2.24, 2.45) is 5.73 Å². The standard InChI is InChI=1S/C31H31NS/c1-2-3-7-22-8-4-11-24(18-22)26-13-15-30-28(20-26)29-21-27(14-16-31(29)33-30)25-12-5-9-23(19-25)10-6-17-32/h4-5,8-9,11-16,18-21H,2-3,6-7,10,17,32H2,1H3. The van der Waals surface area contributed by atoms with Gasteiger partial charge in [0.05, 0.1) is 0 Å². The van der Waals surface area contributed by atoms with Crippen LogP contribution in [0, 0.1) is 0 Å². The molecule has 0 saturated carbocycles. The zero-order chi connectivity index (χ0) is 22.6. The number of hydrogen-bond acceptors (Lipinski definition) is 2. The zero-order valence-corrected chi connectivity index (χ0v) is 20.1. The van der Waals surface area contributed by atoms with Crippen LogP contribution in [0.15, 0.2) is 84.9 Å². The molecule has 0 aliphatic carbocycles. The van der Waals surface area contributed by atoms with Crippen molar-refractivity contribution in [2.75, 3.05) is 6.54 Å². The number of aryl methyl sites for hydroxylation is 2. The molecule has 0 aliphatic rings. The predicted octanol–water partition coefficient (Wildman–Crippen LogP) is 8.62. The molecule has 4 aromatic carbocycles. The Labute approximate surface area is 200 Å². The van der Waals surface area contributed by atoms with Crippen molar-refractivity contribution in [1.82, 2.24) is 0 Å². The van der Waals surface area contributed by atoms with Gasteiger partial charge in [-0.3, -0.25) is 0 Å². The first-order valence-corrected chi connectivity index (χ1v) is 12.9. The van der Waals surface area contributed by atoms with E-state index in [9.17, 15) is 0 Å². The van der Waals surface area contributed by atoms with Crippen LogP contribution in [0.25, 0.3) is 42.4 Å². The van der Waals surface area contributed by atoms with Crippen molar-refractivity contribution in [3.63, 3.8) is 0 Å². The minimum Gasteiger partial charge on any atom is -0.330 e. The highest BCUT2D eigenvalue weighted by Crippen LogP contribution is 2.38. The number of thiophene rings is 1. The topological polar surface area (TPSA) is 26.0 Å². The number of nitrogens with two attached hydrogens (primary N) is 1. The molecule has 5 aromatic rings. The van der Waals surface area contributed by atoms with E-state index in [0.717, 1.165) is 25.8 Å². The Morgan fingerprint density at radius 1 is 0.606 bits per heavy atom. The Kier molecular flexibility index (Phi) is 6.57. The molecule has 2 N–H and O–H groups in total. The van der Waals surface area contributed by atoms with E-state index in [2.05, 4.69) is 91.9 Å². The lowest BCUT2D eigenvalue weighted by atomic mass is 9.97. The van der Waals surface area contributed by atoms with Gasteiger partial charge in [0.25, 0.3) is 0 Å². The molecule has 5 rings (SSSR count). The summed E-state index contributed by atoms with van der Waals surface area (Å²) in [4.78, 5) is 0. The van der Waals surface area contributed by atoms with Crippen LogP contribution >= 0.6 is 11.3 Å². The van der Waals surface area contributed by atoms with Gasteiger partial charge in [-0.15, -0.1) is 11.3 Å². The molecule has 0 radical (unpaired) electrons. The SMILES string of the molecule is CCCCc1cccc(-c2ccc3sc4ccc(-c5cccc(CCCN)c5)cc4c3c2)c1. The minimum absolute atomic E-state index is 0.737. The molecule has 1 nitrogen and oxygen atoms in total. The molecule has 0 fully saturated rings. The second kappa shape index (κ2) is 9.91. The van der Waals surface area contributed by atoms with Crippen LogP contribution in [-0.4, -0.2) is 6.54 Å². The number of fused-ring (bicyclic) bond motifs is 3. The summed E-state index contributed by atoms with van der Waals surface area (Å²) in [5, 5.41) is 2.71. The summed E-state index contributed by atoms with van der Waals surface area (Å²) in [6.45, 7) is 2.99. The average molecular weight is 450 g/mol. The molecule has 1 heterocycles. The van der Waals surface area contributed by atoms with Gasteiger partial charge in [0, 0.05) is 20.2 Å². The maximum Gasteiger partial charge on any atom is 0.0355 e. The first kappa shape index (κ1) is 21.9. The fourth-order valence-electron chi connectivity index (χ4n) is 4.64. The summed E-state index contributed by atoms with van der Waals surface area (Å²) in [6, 6.07) is 31.8. The zero-order valence-electron chi connectivity index (χ0n) is 19.3. The highest BCUT2D eigenvalue weighted by molar-refractivity contribution is 7.25. The van der Waals surface area contributed by atoms with Gasteiger partial charge in [-0.25, -0.2) is 0 Å². The molecule has 1 aromatic heterocycles. The van der Waals surface area contributed by atoms with E-state index in [4.69, 9.17) is 5.73 Å². The van der Waals surface area contributed by atoms with Crippen molar-refractivity contribution in [3.8, 4) is 22.3 Å². The third-order valence-electron chi connectivity index (χ3n) is 6.48. The molecule has 0 unspecified atom stereocenters. The van der Waals surface area contributed by atoms with Crippen LogP contribution < -0.4 is 5.73 Å². The van der Waals surface area contributed by atoms with Crippen molar-refractivity contribution in [2.45, 2.75) is 39.0 Å². The highest BCUT2D eigenvalue weighted by Gasteiger charge is 2.10. The van der Waals surface area contributed by atoms with Gasteiger partial charge in [-0.1, -0.05) is 74.0 Å². The summed E-state index contributed by atoms with van der Waals surface area (Å²) >= 11 is 1.88. The molecule has 0 atom stereocenters. The molecule has 0 amide bonds. The Bertz CT molecular complexity index is 1290. The van der Waals surface area contributed by atoms with E-state index >= 15 is 0 Å². The normalized spacial score (nSPS) is 11.5. The van der Waals surface area contributed by atoms with E-state index < -0.39 is 0 Å². The molecular formula is C31H31NS. The Hall–Kier alpha value is -2.94. The van der Waals surface area contributed by atoms with Crippen molar-refractivity contribution in [1.29, 1.82) is 0 Å². The van der Waals surface area contributed by atoms with Crippen molar-refractivity contribution < 1.29 is 0 Å². The Balaban J connectivity index is 1.55. The number of rotatable bonds is 8. The number of unbranched alkanes of at least 4 members (excludes halogenated alkanes) is 1. The van der Waals surface area contributed by atoms with Crippen LogP contribution in [0.5, 0.6) is 0 Å². The lowest BCUT2D eigenvalue weighted by Gasteiger charge is -2.07. The van der Waals surface area contributed by atoms with Crippen LogP contribution in [0.1, 0.15) is 37.3 Å². The summed E-state index contributed by atoms with van der Waals surface area (Å²) in [5.41, 5.74) is 13.7. The summed E-state index contributed by atoms with van der Waals surface area (Å²) in [7, 11) is 0. The lowest BCUT2D eigenvalue weighted by Crippen LogP contribution is -2.00. The minimum atomic E-state index is 0.737. The van der Waals surface area contributed by atoms with E-state index in [1.54, 1.807) is 0 Å². The quantitative estimate of drug-likeness (QED) is 0.252. The van der Waals surface area contributed by atoms with Crippen molar-refractivity contribution in [3.05, 3.63) is 96.1 Å². The van der Waals surface area contributed by atoms with E-state index in [0.29, 0.717) is 0 Å². The second-order valence-electron chi connectivity index (χ2n) is 8.92. The fourth-order valence-corrected chi connectivity index (χ4v) is 5.70. The first-order valence-electron chi connectivity index (χ1n) is 12.1. The lowest BCUT2D eigenvalue weighted by molar-refractivity contribution is 0.795. The Morgan fingerprint density at radius 2 is 1.12 bits per heavy atom. The smallest absolute Gasteiger partial charge is 0.0355 e. The van der Waals surface area contributed by atoms with Crippen LogP contribution in [0.2, 0.25) is 0 Å². The third-order valence-corrected chi connectivity index (χ3v) is 7.63. The first-order chi connectivity index (χ1) is 16.2. The number of hydrogen-bond donors (Lipinski definition) is 1. The van der Waals surface area contributed by atoms with Gasteiger partial charge in [0.1, 0.15) is 0 Å².